The third-order valence-electron chi connectivity index (χ3n) is 4.49. The van der Waals surface area contributed by atoms with Gasteiger partial charge in [-0.3, -0.25) is 0 Å². The standard InChI is InChI=1S/C18H19N3S.C2H2O4/c1-3-7-13(8-4-1)11-19-17-16-14-9-5-2-6-10-15(14)22-18(16)21-12-20-17;3-1(4)2(5)6/h1,3-4,7-8,12H,2,5-6,9-11H2,(H,19,20,21);(H,3,4)(H,5,6). The van der Waals surface area contributed by atoms with Gasteiger partial charge in [-0.05, 0) is 36.8 Å². The van der Waals surface area contributed by atoms with E-state index in [1.165, 1.54) is 53.5 Å². The van der Waals surface area contributed by atoms with Crippen LogP contribution in [0.3, 0.4) is 0 Å². The number of aliphatic carboxylic acids is 2. The largest absolute Gasteiger partial charge is 0.473 e. The molecule has 3 N–H and O–H groups in total. The van der Waals surface area contributed by atoms with E-state index < -0.39 is 11.9 Å². The molecule has 0 spiro atoms. The topological polar surface area (TPSA) is 112 Å². The predicted octanol–water partition coefficient (Wildman–Crippen LogP) is 3.73. The van der Waals surface area contributed by atoms with Crippen molar-refractivity contribution in [3.8, 4) is 0 Å². The number of hydrogen-bond acceptors (Lipinski definition) is 6. The summed E-state index contributed by atoms with van der Waals surface area (Å²) in [7, 11) is 0. The van der Waals surface area contributed by atoms with Gasteiger partial charge in [-0.25, -0.2) is 19.6 Å². The number of nitrogens with zero attached hydrogens (tertiary/aromatic N) is 2. The minimum Gasteiger partial charge on any atom is -0.473 e. The number of carboxylic acid groups (broad SMARTS) is 2. The summed E-state index contributed by atoms with van der Waals surface area (Å²) in [4.78, 5) is 29.9. The molecule has 0 saturated carbocycles. The van der Waals surface area contributed by atoms with Crippen molar-refractivity contribution in [1.29, 1.82) is 0 Å². The van der Waals surface area contributed by atoms with Gasteiger partial charge in [-0.15, -0.1) is 11.3 Å². The lowest BCUT2D eigenvalue weighted by molar-refractivity contribution is -0.159. The second-order valence-electron chi connectivity index (χ2n) is 6.42. The summed E-state index contributed by atoms with van der Waals surface area (Å²) in [5, 5.41) is 19.6. The Labute approximate surface area is 166 Å². The summed E-state index contributed by atoms with van der Waals surface area (Å²) >= 11 is 1.86. The van der Waals surface area contributed by atoms with Gasteiger partial charge in [0, 0.05) is 11.4 Å². The van der Waals surface area contributed by atoms with E-state index >= 15 is 0 Å². The zero-order valence-electron chi connectivity index (χ0n) is 15.2. The quantitative estimate of drug-likeness (QED) is 0.454. The molecule has 28 heavy (non-hydrogen) atoms. The minimum absolute atomic E-state index is 0.803. The Bertz CT molecular complexity index is 960. The van der Waals surface area contributed by atoms with Crippen LogP contribution in [0.25, 0.3) is 10.2 Å². The molecule has 7 nitrogen and oxygen atoms in total. The highest BCUT2D eigenvalue weighted by Crippen LogP contribution is 2.37. The predicted molar refractivity (Wildman–Crippen MR) is 108 cm³/mol. The number of thiophene rings is 1. The summed E-state index contributed by atoms with van der Waals surface area (Å²) in [6, 6.07) is 10.5. The number of benzene rings is 1. The number of carbonyl (C=O) groups is 2. The first kappa shape index (κ1) is 19.8. The van der Waals surface area contributed by atoms with Crippen LogP contribution in [0.15, 0.2) is 36.7 Å². The molecule has 0 radical (unpaired) electrons. The van der Waals surface area contributed by atoms with E-state index in [9.17, 15) is 0 Å². The Balaban J connectivity index is 0.000000330. The minimum atomic E-state index is -1.82. The maximum absolute atomic E-state index is 9.10. The number of anilines is 1. The van der Waals surface area contributed by atoms with Gasteiger partial charge in [-0.2, -0.15) is 0 Å². The molecule has 0 saturated heterocycles. The second kappa shape index (κ2) is 9.27. The van der Waals surface area contributed by atoms with Crippen molar-refractivity contribution in [3.05, 3.63) is 52.7 Å². The molecule has 1 aliphatic carbocycles. The van der Waals surface area contributed by atoms with Crippen LogP contribution in [0.1, 0.15) is 35.3 Å². The van der Waals surface area contributed by atoms with E-state index in [0.717, 1.165) is 17.2 Å². The van der Waals surface area contributed by atoms with E-state index in [2.05, 4.69) is 39.6 Å². The molecular weight excluding hydrogens is 378 g/mol. The third-order valence-corrected chi connectivity index (χ3v) is 5.69. The van der Waals surface area contributed by atoms with Crippen molar-refractivity contribution in [3.63, 3.8) is 0 Å². The first-order valence-corrected chi connectivity index (χ1v) is 9.87. The van der Waals surface area contributed by atoms with Crippen LogP contribution in [-0.2, 0) is 29.0 Å². The molecule has 0 aliphatic heterocycles. The molecule has 0 amide bonds. The molecule has 2 heterocycles. The first-order valence-electron chi connectivity index (χ1n) is 9.05. The smallest absolute Gasteiger partial charge is 0.414 e. The second-order valence-corrected chi connectivity index (χ2v) is 7.50. The fraction of sp³-hybridized carbons (Fsp3) is 0.300. The summed E-state index contributed by atoms with van der Waals surface area (Å²) in [6.07, 6.45) is 7.98. The van der Waals surface area contributed by atoms with Gasteiger partial charge in [0.15, 0.2) is 0 Å². The zero-order chi connectivity index (χ0) is 19.9. The van der Waals surface area contributed by atoms with Crippen molar-refractivity contribution in [2.45, 2.75) is 38.6 Å². The van der Waals surface area contributed by atoms with Gasteiger partial charge in [0.2, 0.25) is 0 Å². The van der Waals surface area contributed by atoms with Crippen molar-refractivity contribution in [2.75, 3.05) is 5.32 Å². The van der Waals surface area contributed by atoms with Gasteiger partial charge in [-0.1, -0.05) is 36.8 Å². The average molecular weight is 399 g/mol. The van der Waals surface area contributed by atoms with Gasteiger partial charge in [0.1, 0.15) is 17.0 Å². The first-order chi connectivity index (χ1) is 13.6. The summed E-state index contributed by atoms with van der Waals surface area (Å²) in [5.74, 6) is -2.65. The van der Waals surface area contributed by atoms with Crippen LogP contribution in [0.2, 0.25) is 0 Å². The van der Waals surface area contributed by atoms with E-state index in [4.69, 9.17) is 19.8 Å². The number of aromatic nitrogens is 2. The third kappa shape index (κ3) is 4.83. The number of nitrogens with one attached hydrogen (secondary N) is 1. The van der Waals surface area contributed by atoms with Crippen LogP contribution < -0.4 is 5.32 Å². The molecular formula is C20H21N3O4S. The fourth-order valence-corrected chi connectivity index (χ4v) is 4.41. The van der Waals surface area contributed by atoms with E-state index in [1.54, 1.807) is 6.33 Å². The molecule has 3 aromatic rings. The Morgan fingerprint density at radius 1 is 1.00 bits per heavy atom. The molecule has 4 rings (SSSR count). The lowest BCUT2D eigenvalue weighted by Crippen LogP contribution is -2.09. The Kier molecular flexibility index (Phi) is 6.54. The maximum Gasteiger partial charge on any atom is 0.414 e. The fourth-order valence-electron chi connectivity index (χ4n) is 3.18. The van der Waals surface area contributed by atoms with Crippen molar-refractivity contribution in [2.24, 2.45) is 0 Å². The van der Waals surface area contributed by atoms with Gasteiger partial charge in [0.25, 0.3) is 0 Å². The lowest BCUT2D eigenvalue weighted by atomic mass is 10.1. The van der Waals surface area contributed by atoms with Crippen LogP contribution in [-0.4, -0.2) is 32.1 Å². The molecule has 1 aromatic carbocycles. The Morgan fingerprint density at radius 2 is 1.71 bits per heavy atom. The molecule has 146 valence electrons. The highest BCUT2D eigenvalue weighted by molar-refractivity contribution is 7.18. The van der Waals surface area contributed by atoms with Crippen molar-refractivity contribution >= 4 is 39.3 Å². The summed E-state index contributed by atoms with van der Waals surface area (Å²) in [5.41, 5.74) is 2.77. The van der Waals surface area contributed by atoms with E-state index in [1.807, 2.05) is 17.4 Å². The Morgan fingerprint density at radius 3 is 2.43 bits per heavy atom. The van der Waals surface area contributed by atoms with Crippen LogP contribution in [0, 0.1) is 0 Å². The number of fused-ring (bicyclic) bond motifs is 3. The number of carboxylic acids is 2. The summed E-state index contributed by atoms with van der Waals surface area (Å²) in [6.45, 7) is 0.803. The lowest BCUT2D eigenvalue weighted by Gasteiger charge is -2.08. The maximum atomic E-state index is 9.10. The molecule has 1 aliphatic rings. The highest BCUT2D eigenvalue weighted by Gasteiger charge is 2.18. The van der Waals surface area contributed by atoms with Gasteiger partial charge in [0.05, 0.1) is 5.39 Å². The molecule has 0 fully saturated rings. The number of rotatable bonds is 3. The molecule has 0 bridgehead atoms. The average Bonchev–Trinajstić information content (AvgIpc) is 2.89. The van der Waals surface area contributed by atoms with Crippen LogP contribution >= 0.6 is 11.3 Å². The number of aryl methyl sites for hydroxylation is 2. The molecule has 0 atom stereocenters. The van der Waals surface area contributed by atoms with Gasteiger partial charge >= 0.3 is 11.9 Å². The van der Waals surface area contributed by atoms with Gasteiger partial charge < -0.3 is 15.5 Å². The highest BCUT2D eigenvalue weighted by atomic mass is 32.1. The van der Waals surface area contributed by atoms with Crippen molar-refractivity contribution in [1.82, 2.24) is 9.97 Å². The molecule has 2 aromatic heterocycles. The SMILES string of the molecule is O=C(O)C(=O)O.c1ccc(CNc2ncnc3sc4c(c23)CCCCC4)cc1. The van der Waals surface area contributed by atoms with Crippen LogP contribution in [0.5, 0.6) is 0 Å². The molecule has 8 heteroatoms. The molecule has 0 unspecified atom stereocenters. The Hall–Kier alpha value is -3.00. The zero-order valence-corrected chi connectivity index (χ0v) is 16.0. The van der Waals surface area contributed by atoms with Crippen molar-refractivity contribution < 1.29 is 19.8 Å². The normalized spacial score (nSPS) is 13.0. The van der Waals surface area contributed by atoms with Crippen LogP contribution in [0.4, 0.5) is 5.82 Å². The number of hydrogen-bond donors (Lipinski definition) is 3. The summed E-state index contributed by atoms with van der Waals surface area (Å²) < 4.78 is 0. The van der Waals surface area contributed by atoms with E-state index in [0.29, 0.717) is 0 Å². The monoisotopic (exact) mass is 399 g/mol. The van der Waals surface area contributed by atoms with E-state index in [-0.39, 0.29) is 0 Å².